The molecule has 1 aromatic heterocycles. The van der Waals surface area contributed by atoms with Gasteiger partial charge in [-0.25, -0.2) is 9.97 Å². The lowest BCUT2D eigenvalue weighted by Gasteiger charge is -2.35. The molecule has 146 valence electrons. The van der Waals surface area contributed by atoms with Crippen LogP contribution in [-0.2, 0) is 0 Å². The first-order valence-electron chi connectivity index (χ1n) is 9.22. The van der Waals surface area contributed by atoms with E-state index in [2.05, 4.69) is 32.3 Å². The van der Waals surface area contributed by atoms with Gasteiger partial charge in [0.15, 0.2) is 11.5 Å². The maximum atomic E-state index is 5.48. The second-order valence-corrected chi connectivity index (χ2v) is 6.65. The lowest BCUT2D eigenvalue weighted by Crippen LogP contribution is -2.46. The summed E-state index contributed by atoms with van der Waals surface area (Å²) in [5.74, 6) is 3.10. The Morgan fingerprint density at radius 1 is 1.00 bits per heavy atom. The van der Waals surface area contributed by atoms with Crippen LogP contribution in [0.25, 0.3) is 10.9 Å². The van der Waals surface area contributed by atoms with E-state index in [9.17, 15) is 0 Å². The Bertz CT molecular complexity index is 979. The minimum Gasteiger partial charge on any atom is -0.497 e. The smallest absolute Gasteiger partial charge is 0.162 e. The summed E-state index contributed by atoms with van der Waals surface area (Å²) in [5, 5.41) is 4.54. The molecule has 7 nitrogen and oxygen atoms in total. The molecule has 0 saturated carbocycles. The number of piperazine rings is 1. The topological polar surface area (TPSA) is 68.7 Å². The van der Waals surface area contributed by atoms with E-state index in [-0.39, 0.29) is 6.04 Å². The number of benzene rings is 2. The van der Waals surface area contributed by atoms with E-state index >= 15 is 0 Å². The fourth-order valence-electron chi connectivity index (χ4n) is 3.65. The van der Waals surface area contributed by atoms with Crippen LogP contribution in [0.2, 0.25) is 0 Å². The standard InChI is InChI=1S/C21H24N4O3/c1-26-15-6-4-5-14(9-15)18-12-25(8-7-22-18)21-16-10-19(27-2)20(28-3)11-17(16)23-13-24-21/h4-6,9-11,13,18,22H,7-8,12H2,1-3H3/t18-/m0/s1. The molecule has 28 heavy (non-hydrogen) atoms. The number of methoxy groups -OCH3 is 3. The van der Waals surface area contributed by atoms with Gasteiger partial charge in [0.1, 0.15) is 17.9 Å². The van der Waals surface area contributed by atoms with Crippen LogP contribution in [0.5, 0.6) is 17.2 Å². The van der Waals surface area contributed by atoms with Crippen LogP contribution in [-0.4, -0.2) is 50.9 Å². The van der Waals surface area contributed by atoms with Gasteiger partial charge in [-0.3, -0.25) is 0 Å². The van der Waals surface area contributed by atoms with Crippen molar-refractivity contribution in [2.45, 2.75) is 6.04 Å². The van der Waals surface area contributed by atoms with Gasteiger partial charge in [0.25, 0.3) is 0 Å². The van der Waals surface area contributed by atoms with Crippen LogP contribution in [0, 0.1) is 0 Å². The third kappa shape index (κ3) is 3.41. The van der Waals surface area contributed by atoms with Gasteiger partial charge in [0.2, 0.25) is 0 Å². The van der Waals surface area contributed by atoms with Crippen molar-refractivity contribution in [3.8, 4) is 17.2 Å². The van der Waals surface area contributed by atoms with Gasteiger partial charge in [-0.1, -0.05) is 12.1 Å². The molecule has 2 heterocycles. The molecule has 4 rings (SSSR count). The fraction of sp³-hybridized carbons (Fsp3) is 0.333. The summed E-state index contributed by atoms with van der Waals surface area (Å²) >= 11 is 0. The number of rotatable bonds is 5. The van der Waals surface area contributed by atoms with Crippen molar-refractivity contribution in [1.82, 2.24) is 15.3 Å². The minimum atomic E-state index is 0.189. The normalized spacial score (nSPS) is 16.8. The molecule has 1 atom stereocenters. The van der Waals surface area contributed by atoms with Gasteiger partial charge < -0.3 is 24.4 Å². The van der Waals surface area contributed by atoms with E-state index in [4.69, 9.17) is 14.2 Å². The summed E-state index contributed by atoms with van der Waals surface area (Å²) < 4.78 is 16.3. The molecule has 1 N–H and O–H groups in total. The highest BCUT2D eigenvalue weighted by molar-refractivity contribution is 5.92. The number of hydrogen-bond acceptors (Lipinski definition) is 7. The highest BCUT2D eigenvalue weighted by Crippen LogP contribution is 2.35. The number of nitrogens with zero attached hydrogens (tertiary/aromatic N) is 3. The van der Waals surface area contributed by atoms with Gasteiger partial charge in [-0.2, -0.15) is 0 Å². The zero-order valence-corrected chi connectivity index (χ0v) is 16.3. The maximum absolute atomic E-state index is 5.48. The molecule has 0 unspecified atom stereocenters. The van der Waals surface area contributed by atoms with Crippen molar-refractivity contribution in [2.75, 3.05) is 45.9 Å². The Morgan fingerprint density at radius 3 is 2.61 bits per heavy atom. The van der Waals surface area contributed by atoms with Crippen molar-refractivity contribution in [1.29, 1.82) is 0 Å². The maximum Gasteiger partial charge on any atom is 0.162 e. The number of ether oxygens (including phenoxy) is 3. The average molecular weight is 380 g/mol. The second kappa shape index (κ2) is 7.90. The molecular formula is C21H24N4O3. The summed E-state index contributed by atoms with van der Waals surface area (Å²) in [5.41, 5.74) is 2.03. The van der Waals surface area contributed by atoms with E-state index in [1.807, 2.05) is 24.3 Å². The first-order valence-corrected chi connectivity index (χ1v) is 9.22. The van der Waals surface area contributed by atoms with Crippen molar-refractivity contribution in [3.05, 3.63) is 48.3 Å². The fourth-order valence-corrected chi connectivity index (χ4v) is 3.65. The van der Waals surface area contributed by atoms with Crippen LogP contribution in [0.4, 0.5) is 5.82 Å². The third-order valence-electron chi connectivity index (χ3n) is 5.09. The van der Waals surface area contributed by atoms with Crippen molar-refractivity contribution in [3.63, 3.8) is 0 Å². The zero-order valence-electron chi connectivity index (χ0n) is 16.3. The first kappa shape index (κ1) is 18.3. The predicted molar refractivity (Wildman–Crippen MR) is 109 cm³/mol. The molecule has 0 amide bonds. The summed E-state index contributed by atoms with van der Waals surface area (Å²) in [6.45, 7) is 2.52. The molecule has 3 aromatic rings. The molecule has 1 aliphatic heterocycles. The van der Waals surface area contributed by atoms with E-state index in [0.29, 0.717) is 11.5 Å². The summed E-state index contributed by atoms with van der Waals surface area (Å²) in [6.07, 6.45) is 1.60. The highest BCUT2D eigenvalue weighted by atomic mass is 16.5. The molecule has 1 fully saturated rings. The number of fused-ring (bicyclic) bond motifs is 1. The van der Waals surface area contributed by atoms with Crippen molar-refractivity contribution >= 4 is 16.7 Å². The van der Waals surface area contributed by atoms with Gasteiger partial charge in [-0.15, -0.1) is 0 Å². The first-order chi connectivity index (χ1) is 13.7. The van der Waals surface area contributed by atoms with Gasteiger partial charge >= 0.3 is 0 Å². The number of anilines is 1. The molecule has 0 aliphatic carbocycles. The van der Waals surface area contributed by atoms with E-state index in [1.165, 1.54) is 5.56 Å². The Hall–Kier alpha value is -3.06. The van der Waals surface area contributed by atoms with Crippen LogP contribution >= 0.6 is 0 Å². The SMILES string of the molecule is COc1cccc([C@@H]2CN(c3ncnc4cc(OC)c(OC)cc34)CCN2)c1. The van der Waals surface area contributed by atoms with Crippen LogP contribution < -0.4 is 24.4 Å². The van der Waals surface area contributed by atoms with Crippen molar-refractivity contribution < 1.29 is 14.2 Å². The number of hydrogen-bond donors (Lipinski definition) is 1. The summed E-state index contributed by atoms with van der Waals surface area (Å²) in [4.78, 5) is 11.3. The van der Waals surface area contributed by atoms with Gasteiger partial charge in [0, 0.05) is 31.1 Å². The lowest BCUT2D eigenvalue weighted by atomic mass is 10.0. The van der Waals surface area contributed by atoms with Gasteiger partial charge in [0.05, 0.1) is 32.9 Å². The molecule has 0 spiro atoms. The Kier molecular flexibility index (Phi) is 5.16. The Morgan fingerprint density at radius 2 is 1.82 bits per heavy atom. The molecule has 7 heteroatoms. The van der Waals surface area contributed by atoms with E-state index < -0.39 is 0 Å². The quantitative estimate of drug-likeness (QED) is 0.730. The lowest BCUT2D eigenvalue weighted by molar-refractivity contribution is 0.355. The predicted octanol–water partition coefficient (Wildman–Crippen LogP) is 2.81. The molecule has 0 radical (unpaired) electrons. The third-order valence-corrected chi connectivity index (χ3v) is 5.09. The van der Waals surface area contributed by atoms with E-state index in [0.717, 1.165) is 42.1 Å². The largest absolute Gasteiger partial charge is 0.497 e. The number of aromatic nitrogens is 2. The van der Waals surface area contributed by atoms with Crippen molar-refractivity contribution in [2.24, 2.45) is 0 Å². The molecular weight excluding hydrogens is 356 g/mol. The molecule has 1 saturated heterocycles. The van der Waals surface area contributed by atoms with Crippen LogP contribution in [0.3, 0.4) is 0 Å². The summed E-state index contributed by atoms with van der Waals surface area (Å²) in [7, 11) is 4.95. The van der Waals surface area contributed by atoms with E-state index in [1.54, 1.807) is 27.7 Å². The molecule has 2 aromatic carbocycles. The van der Waals surface area contributed by atoms with Gasteiger partial charge in [-0.05, 0) is 23.8 Å². The Labute approximate surface area is 164 Å². The Balaban J connectivity index is 1.69. The van der Waals surface area contributed by atoms with Crippen LogP contribution in [0.1, 0.15) is 11.6 Å². The number of nitrogens with one attached hydrogen (secondary N) is 1. The molecule has 1 aliphatic rings. The summed E-state index contributed by atoms with van der Waals surface area (Å²) in [6, 6.07) is 12.2. The monoisotopic (exact) mass is 380 g/mol. The molecule has 0 bridgehead atoms. The zero-order chi connectivity index (χ0) is 19.5. The van der Waals surface area contributed by atoms with Crippen LogP contribution in [0.15, 0.2) is 42.7 Å². The second-order valence-electron chi connectivity index (χ2n) is 6.65. The minimum absolute atomic E-state index is 0.189. The average Bonchev–Trinajstić information content (AvgIpc) is 2.77. The highest BCUT2D eigenvalue weighted by Gasteiger charge is 2.24.